The second-order valence-electron chi connectivity index (χ2n) is 6.57. The molecule has 1 fully saturated rings. The van der Waals surface area contributed by atoms with Crippen LogP contribution < -0.4 is 10.9 Å². The highest BCUT2D eigenvalue weighted by molar-refractivity contribution is 5.91. The van der Waals surface area contributed by atoms with Gasteiger partial charge in [-0.05, 0) is 0 Å². The molecule has 2 N–H and O–H groups in total. The SMILES string of the molecule is CO[C@@H]1[C@H](C)[C@@H](C=O)O[C@H]1n1cnc2c(=O)[nH]c(NC(=O)C(C)C)nc21. The van der Waals surface area contributed by atoms with Crippen molar-refractivity contribution in [3.05, 3.63) is 16.7 Å². The summed E-state index contributed by atoms with van der Waals surface area (Å²) in [5, 5.41) is 2.56. The molecule has 1 aliphatic rings. The number of carbonyl (C=O) groups excluding carboxylic acids is 2. The maximum Gasteiger partial charge on any atom is 0.280 e. The molecule has 3 rings (SSSR count). The molecular weight excluding hydrogens is 342 g/mol. The number of ether oxygens (including phenoxy) is 2. The average molecular weight is 363 g/mol. The Hall–Kier alpha value is -2.59. The fourth-order valence-corrected chi connectivity index (χ4v) is 2.95. The van der Waals surface area contributed by atoms with E-state index in [1.807, 2.05) is 6.92 Å². The summed E-state index contributed by atoms with van der Waals surface area (Å²) in [6.07, 6.45) is 0.419. The summed E-state index contributed by atoms with van der Waals surface area (Å²) >= 11 is 0. The zero-order valence-corrected chi connectivity index (χ0v) is 14.9. The van der Waals surface area contributed by atoms with Crippen molar-refractivity contribution in [1.82, 2.24) is 19.5 Å². The van der Waals surface area contributed by atoms with Crippen LogP contribution in [0, 0.1) is 11.8 Å². The van der Waals surface area contributed by atoms with Gasteiger partial charge in [0.15, 0.2) is 17.4 Å². The summed E-state index contributed by atoms with van der Waals surface area (Å²) in [6.45, 7) is 5.31. The summed E-state index contributed by atoms with van der Waals surface area (Å²) in [4.78, 5) is 46.2. The number of anilines is 1. The maximum atomic E-state index is 12.3. The van der Waals surface area contributed by atoms with Crippen LogP contribution in [0.2, 0.25) is 0 Å². The lowest BCUT2D eigenvalue weighted by atomic mass is 10.0. The van der Waals surface area contributed by atoms with Crippen LogP contribution in [0.3, 0.4) is 0 Å². The van der Waals surface area contributed by atoms with Crippen LogP contribution >= 0.6 is 0 Å². The van der Waals surface area contributed by atoms with Gasteiger partial charge in [0.25, 0.3) is 5.56 Å². The fraction of sp³-hybridized carbons (Fsp3) is 0.562. The first-order valence-electron chi connectivity index (χ1n) is 8.28. The zero-order chi connectivity index (χ0) is 19.0. The van der Waals surface area contributed by atoms with Gasteiger partial charge in [0.2, 0.25) is 11.9 Å². The molecule has 10 heteroatoms. The lowest BCUT2D eigenvalue weighted by Crippen LogP contribution is -2.27. The van der Waals surface area contributed by atoms with Gasteiger partial charge in [-0.25, -0.2) is 4.98 Å². The monoisotopic (exact) mass is 363 g/mol. The Bertz CT molecular complexity index is 889. The molecule has 3 heterocycles. The van der Waals surface area contributed by atoms with Crippen molar-refractivity contribution >= 4 is 29.3 Å². The number of aromatic amines is 1. The molecule has 10 nitrogen and oxygen atoms in total. The molecule has 26 heavy (non-hydrogen) atoms. The van der Waals surface area contributed by atoms with Gasteiger partial charge in [0.1, 0.15) is 18.5 Å². The molecule has 140 valence electrons. The summed E-state index contributed by atoms with van der Waals surface area (Å²) in [5.41, 5.74) is -0.147. The van der Waals surface area contributed by atoms with Crippen LogP contribution in [-0.2, 0) is 19.1 Å². The van der Waals surface area contributed by atoms with Crippen LogP contribution in [0.1, 0.15) is 27.0 Å². The minimum absolute atomic E-state index is 0.0231. The predicted molar refractivity (Wildman–Crippen MR) is 91.6 cm³/mol. The smallest absolute Gasteiger partial charge is 0.280 e. The Morgan fingerprint density at radius 1 is 1.50 bits per heavy atom. The van der Waals surface area contributed by atoms with Crippen molar-refractivity contribution in [3.63, 3.8) is 0 Å². The topological polar surface area (TPSA) is 128 Å². The number of aromatic nitrogens is 4. The van der Waals surface area contributed by atoms with E-state index in [0.717, 1.165) is 6.29 Å². The van der Waals surface area contributed by atoms with Gasteiger partial charge in [-0.15, -0.1) is 0 Å². The average Bonchev–Trinajstić information content (AvgIpc) is 3.15. The molecule has 1 aliphatic heterocycles. The van der Waals surface area contributed by atoms with Crippen LogP contribution in [-0.4, -0.2) is 51.0 Å². The van der Waals surface area contributed by atoms with E-state index in [4.69, 9.17) is 9.47 Å². The van der Waals surface area contributed by atoms with Crippen molar-refractivity contribution < 1.29 is 19.1 Å². The van der Waals surface area contributed by atoms with E-state index < -0.39 is 24.0 Å². The van der Waals surface area contributed by atoms with E-state index in [1.54, 1.807) is 18.4 Å². The second-order valence-corrected chi connectivity index (χ2v) is 6.57. The van der Waals surface area contributed by atoms with Crippen molar-refractivity contribution in [1.29, 1.82) is 0 Å². The van der Waals surface area contributed by atoms with Gasteiger partial charge in [0.05, 0.1) is 6.33 Å². The highest BCUT2D eigenvalue weighted by Crippen LogP contribution is 2.35. The molecule has 0 radical (unpaired) electrons. The zero-order valence-electron chi connectivity index (χ0n) is 14.9. The van der Waals surface area contributed by atoms with E-state index in [2.05, 4.69) is 20.3 Å². The molecule has 2 aromatic heterocycles. The quantitative estimate of drug-likeness (QED) is 0.739. The van der Waals surface area contributed by atoms with E-state index >= 15 is 0 Å². The molecule has 4 atom stereocenters. The number of methoxy groups -OCH3 is 1. The number of fused-ring (bicyclic) bond motifs is 1. The summed E-state index contributed by atoms with van der Waals surface area (Å²) in [5.74, 6) is -0.705. The van der Waals surface area contributed by atoms with Crippen molar-refractivity contribution in [2.24, 2.45) is 11.8 Å². The van der Waals surface area contributed by atoms with Gasteiger partial charge in [-0.1, -0.05) is 20.8 Å². The third-order valence-corrected chi connectivity index (χ3v) is 4.49. The van der Waals surface area contributed by atoms with Crippen molar-refractivity contribution in [2.75, 3.05) is 12.4 Å². The number of hydrogen-bond acceptors (Lipinski definition) is 7. The minimum Gasteiger partial charge on any atom is -0.376 e. The lowest BCUT2D eigenvalue weighted by Gasteiger charge is -2.20. The molecular formula is C16H21N5O5. The Morgan fingerprint density at radius 3 is 2.85 bits per heavy atom. The van der Waals surface area contributed by atoms with E-state index in [-0.39, 0.29) is 34.9 Å². The largest absolute Gasteiger partial charge is 0.376 e. The summed E-state index contributed by atoms with van der Waals surface area (Å²) < 4.78 is 12.8. The van der Waals surface area contributed by atoms with Gasteiger partial charge in [0, 0.05) is 18.9 Å². The fourth-order valence-electron chi connectivity index (χ4n) is 2.95. The molecule has 1 saturated heterocycles. The number of nitrogens with zero attached hydrogens (tertiary/aromatic N) is 3. The third kappa shape index (κ3) is 3.01. The second kappa shape index (κ2) is 6.96. The molecule has 0 aliphatic carbocycles. The lowest BCUT2D eigenvalue weighted by molar-refractivity contribution is -0.121. The van der Waals surface area contributed by atoms with Crippen LogP contribution in [0.5, 0.6) is 0 Å². The first-order valence-corrected chi connectivity index (χ1v) is 8.28. The van der Waals surface area contributed by atoms with E-state index in [1.165, 1.54) is 13.4 Å². The number of amides is 1. The number of H-pyrrole nitrogens is 1. The Balaban J connectivity index is 2.04. The van der Waals surface area contributed by atoms with Crippen molar-refractivity contribution in [2.45, 2.75) is 39.2 Å². The number of carbonyl (C=O) groups is 2. The number of imidazole rings is 1. The molecule has 0 bridgehead atoms. The molecule has 0 unspecified atom stereocenters. The number of hydrogen-bond donors (Lipinski definition) is 2. The van der Waals surface area contributed by atoms with Gasteiger partial charge in [-0.3, -0.25) is 24.5 Å². The third-order valence-electron chi connectivity index (χ3n) is 4.49. The molecule has 2 aromatic rings. The first kappa shape index (κ1) is 18.2. The Morgan fingerprint density at radius 2 is 2.23 bits per heavy atom. The van der Waals surface area contributed by atoms with Gasteiger partial charge in [-0.2, -0.15) is 4.98 Å². The molecule has 0 aromatic carbocycles. The highest BCUT2D eigenvalue weighted by Gasteiger charge is 2.43. The van der Waals surface area contributed by atoms with Crippen LogP contribution in [0.15, 0.2) is 11.1 Å². The molecule has 0 saturated carbocycles. The molecule has 0 spiro atoms. The number of aldehydes is 1. The highest BCUT2D eigenvalue weighted by atomic mass is 16.6. The van der Waals surface area contributed by atoms with E-state index in [0.29, 0.717) is 0 Å². The van der Waals surface area contributed by atoms with Crippen LogP contribution in [0.25, 0.3) is 11.2 Å². The molecule has 1 amide bonds. The summed E-state index contributed by atoms with van der Waals surface area (Å²) in [7, 11) is 1.53. The normalized spacial score (nSPS) is 25.7. The van der Waals surface area contributed by atoms with Gasteiger partial charge >= 0.3 is 0 Å². The van der Waals surface area contributed by atoms with Gasteiger partial charge < -0.3 is 14.3 Å². The Kier molecular flexibility index (Phi) is 4.88. The Labute approximate surface area is 148 Å². The number of rotatable bonds is 5. The summed E-state index contributed by atoms with van der Waals surface area (Å²) in [6, 6.07) is 0. The first-order chi connectivity index (χ1) is 12.4. The standard InChI is InChI=1S/C16H21N5O5/c1-7(2)13(23)19-16-18-12-10(14(24)20-16)17-6-21(12)15-11(25-4)8(3)9(5-22)26-15/h5-9,11,15H,1-4H3,(H2,18,19,20,23,24)/t8-,9-,11-,15-/m1/s1. The minimum atomic E-state index is -0.668. The van der Waals surface area contributed by atoms with Crippen LogP contribution in [0.4, 0.5) is 5.95 Å². The predicted octanol–water partition coefficient (Wildman–Crippen LogP) is 0.461. The maximum absolute atomic E-state index is 12.3. The van der Waals surface area contributed by atoms with Crippen molar-refractivity contribution in [3.8, 4) is 0 Å². The number of nitrogens with one attached hydrogen (secondary N) is 2. The van der Waals surface area contributed by atoms with E-state index in [9.17, 15) is 14.4 Å².